The van der Waals surface area contributed by atoms with Gasteiger partial charge in [0, 0.05) is 72.2 Å². The van der Waals surface area contributed by atoms with Crippen LogP contribution in [0.5, 0.6) is 0 Å². The van der Waals surface area contributed by atoms with Crippen molar-refractivity contribution in [3.8, 4) is 0 Å². The van der Waals surface area contributed by atoms with Gasteiger partial charge in [-0.1, -0.05) is 44.2 Å². The van der Waals surface area contributed by atoms with Crippen LogP contribution in [0.15, 0.2) is 122 Å². The number of allylic oxidation sites excluding steroid dienone is 6. The Balaban J connectivity index is 0.910. The van der Waals surface area contributed by atoms with Gasteiger partial charge in [-0.15, -0.1) is 0 Å². The number of aromatic nitrogens is 2. The van der Waals surface area contributed by atoms with E-state index in [0.29, 0.717) is 43.6 Å². The van der Waals surface area contributed by atoms with E-state index in [9.17, 15) is 68.6 Å². The average molecular weight is 1290 g/mol. The molecule has 10 N–H and O–H groups in total. The van der Waals surface area contributed by atoms with E-state index in [0.717, 1.165) is 39.0 Å². The van der Waals surface area contributed by atoms with Crippen LogP contribution < -0.4 is 27.4 Å². The number of fused-ring (bicyclic) bond motifs is 2. The second kappa shape index (κ2) is 26.2. The predicted octanol–water partition coefficient (Wildman–Crippen LogP) is 5.34. The number of anilines is 1. The van der Waals surface area contributed by atoms with Crippen LogP contribution in [0.2, 0.25) is 0 Å². The van der Waals surface area contributed by atoms with Gasteiger partial charge in [-0.25, -0.2) is 29.2 Å². The van der Waals surface area contributed by atoms with Crippen LogP contribution in [0.3, 0.4) is 0 Å². The summed E-state index contributed by atoms with van der Waals surface area (Å²) in [5.41, 5.74) is 2.45. The Morgan fingerprint density at radius 3 is 2.15 bits per heavy atom. The van der Waals surface area contributed by atoms with Crippen molar-refractivity contribution in [1.82, 2.24) is 14.9 Å². The number of nitrogens with one attached hydrogen (secondary N) is 2. The van der Waals surface area contributed by atoms with Gasteiger partial charge in [0.25, 0.3) is 25.8 Å². The lowest BCUT2D eigenvalue weighted by Crippen LogP contribution is -2.36. The van der Waals surface area contributed by atoms with E-state index in [2.05, 4.69) is 28.3 Å². The van der Waals surface area contributed by atoms with Gasteiger partial charge in [-0.2, -0.15) is 30.0 Å². The van der Waals surface area contributed by atoms with Gasteiger partial charge >= 0.3 is 35.1 Å². The number of phosphoric ester groups is 1. The van der Waals surface area contributed by atoms with Crippen molar-refractivity contribution < 1.29 is 101 Å². The quantitative estimate of drug-likeness (QED) is 0.00728. The number of hydrogen-bond donors (Lipinski definition) is 9. The van der Waals surface area contributed by atoms with Gasteiger partial charge in [0.1, 0.15) is 18.4 Å². The molecule has 0 saturated carbocycles. The van der Waals surface area contributed by atoms with Gasteiger partial charge < -0.3 is 39.3 Å². The molecule has 3 aliphatic heterocycles. The third kappa shape index (κ3) is 16.4. The summed E-state index contributed by atoms with van der Waals surface area (Å²) in [5, 5.41) is 2.58. The number of nitrogens with zero attached hydrogens (tertiary/aromatic N) is 3. The van der Waals surface area contributed by atoms with Crippen molar-refractivity contribution in [2.75, 3.05) is 24.7 Å². The van der Waals surface area contributed by atoms with Gasteiger partial charge in [0.15, 0.2) is 12.3 Å². The summed E-state index contributed by atoms with van der Waals surface area (Å²) in [6.07, 6.45) is 7.80. The molecule has 34 heteroatoms. The predicted molar refractivity (Wildman–Crippen MR) is 302 cm³/mol. The highest BCUT2D eigenvalue weighted by Gasteiger charge is 2.47. The Hall–Kier alpha value is -5.92. The third-order valence-electron chi connectivity index (χ3n) is 14.2. The number of hydrogen-bond acceptors (Lipinski definition) is 19. The number of H-pyrrole nitrogens is 1. The lowest BCUT2D eigenvalue weighted by Gasteiger charge is -2.25. The highest BCUT2D eigenvalue weighted by atomic mass is 32.2. The van der Waals surface area contributed by atoms with E-state index in [-0.39, 0.29) is 46.9 Å². The average Bonchev–Trinajstić information content (AvgIpc) is 1.99. The van der Waals surface area contributed by atoms with Crippen LogP contribution in [0.25, 0.3) is 0 Å². The standard InChI is InChI=1S/C51H63N6O23P3S2/c1-6-55-39-22-20-35(84(69,70)71)25-37(39)50(2,3)43(55)13-9-7-10-14-44-51(4,5)38-26-36(85(72,73)74)21-23-40(38)56(44)29-32-16-18-33(19-17-32)48(60)75-24-12-8-11-15-45(58)53-28-34-30-57(49(61)54-47(34)59)46-27-41(78-52)42(77-46)31-76-82(65,66)80-83(67,68)79-81(62,63)64/h7,9-10,13-14,16-23,25-26,30,41-42,46H,6,8,11-12,15,24,27-29,31,52H2,1-5H3,(H7-,53,54,58,59,61,62,63,64,65,66,67,68,69,70,71,72,73,74)/p+1/t41-,42-,46-/m1/s1. The number of aromatic amines is 1. The Kier molecular flexibility index (Phi) is 20.5. The number of carbonyl (C=O) groups is 2. The molecule has 462 valence electrons. The highest BCUT2D eigenvalue weighted by Crippen LogP contribution is 2.66. The SMILES string of the molecule is CCN1C(=CC=CC=CC2=[N+](Cc3ccc(C(=O)OCCCCCC(=O)NCc4cn([C@H]5C[C@@H](ON)[C@@H](COP(=O)(O)OP(=O)(O)OP(=O)(O)O)O5)c(=O)[nH]c4=O)cc3)c3ccc(S(=O)(=O)O)cc3C2(C)C)C(C)(C)c2cc(S(=O)(=O)O)ccc21. The van der Waals surface area contributed by atoms with Crippen molar-refractivity contribution in [2.45, 2.75) is 119 Å². The van der Waals surface area contributed by atoms with E-state index in [4.69, 9.17) is 30.0 Å². The van der Waals surface area contributed by atoms with E-state index in [1.54, 1.807) is 36.4 Å². The maximum Gasteiger partial charge on any atom is 0.490 e. The molecular weight excluding hydrogens is 1220 g/mol. The number of esters is 1. The first kappa shape index (κ1) is 66.6. The monoisotopic (exact) mass is 1290 g/mol. The summed E-state index contributed by atoms with van der Waals surface area (Å²) < 4.78 is 129. The molecule has 1 saturated heterocycles. The lowest BCUT2D eigenvalue weighted by molar-refractivity contribution is -0.455. The van der Waals surface area contributed by atoms with Crippen LogP contribution in [-0.4, -0.2) is 109 Å². The molecule has 0 radical (unpaired) electrons. The molecule has 7 rings (SSSR count). The topological polar surface area (TPSA) is 430 Å². The largest absolute Gasteiger partial charge is 0.490 e. The number of carbonyl (C=O) groups excluding carboxylic acids is 2. The van der Waals surface area contributed by atoms with Crippen LogP contribution in [0.4, 0.5) is 11.4 Å². The molecule has 0 spiro atoms. The molecule has 0 aliphatic carbocycles. The van der Waals surface area contributed by atoms with E-state index in [1.807, 2.05) is 69.6 Å². The Bertz CT molecular complexity index is 3880. The molecule has 3 aliphatic rings. The number of rotatable bonds is 26. The van der Waals surface area contributed by atoms with Gasteiger partial charge in [0.2, 0.25) is 11.6 Å². The lowest BCUT2D eigenvalue weighted by atomic mass is 9.81. The number of amides is 1. The molecule has 2 unspecified atom stereocenters. The molecule has 1 amide bonds. The van der Waals surface area contributed by atoms with Crippen molar-refractivity contribution in [2.24, 2.45) is 5.90 Å². The summed E-state index contributed by atoms with van der Waals surface area (Å²) in [6, 6.07) is 15.7. The fourth-order valence-corrected chi connectivity index (χ4v) is 14.1. The fraction of sp³-hybridized carbons (Fsp3) is 0.392. The molecule has 29 nitrogen and oxygen atoms in total. The molecule has 85 heavy (non-hydrogen) atoms. The van der Waals surface area contributed by atoms with Crippen molar-refractivity contribution >= 4 is 72.7 Å². The zero-order chi connectivity index (χ0) is 62.7. The maximum absolute atomic E-state index is 13.1. The van der Waals surface area contributed by atoms with Crippen LogP contribution in [0, 0.1) is 0 Å². The van der Waals surface area contributed by atoms with Crippen molar-refractivity contribution in [3.05, 3.63) is 152 Å². The molecule has 4 aromatic rings. The van der Waals surface area contributed by atoms with Crippen LogP contribution in [0.1, 0.15) is 106 Å². The molecule has 0 bridgehead atoms. The second-order valence-electron chi connectivity index (χ2n) is 20.7. The Morgan fingerprint density at radius 2 is 1.52 bits per heavy atom. The summed E-state index contributed by atoms with van der Waals surface area (Å²) in [6.45, 7) is 9.45. The van der Waals surface area contributed by atoms with Crippen molar-refractivity contribution in [1.29, 1.82) is 0 Å². The minimum atomic E-state index is -5.81. The number of likely N-dealkylation sites (N-methyl/N-ethyl adjacent to an activating group) is 1. The molecular formula is C51H64N6O23P3S2+. The van der Waals surface area contributed by atoms with E-state index < -0.39 is 103 Å². The third-order valence-corrected chi connectivity index (χ3v) is 19.7. The number of unbranched alkanes of at least 4 members (excludes halogenated alkanes) is 2. The van der Waals surface area contributed by atoms with Gasteiger partial charge in [0.05, 0.1) is 39.5 Å². The smallest absolute Gasteiger partial charge is 0.462 e. The molecule has 1 aromatic heterocycles. The van der Waals surface area contributed by atoms with Gasteiger partial charge in [-0.3, -0.25) is 37.6 Å². The zero-order valence-electron chi connectivity index (χ0n) is 46.2. The van der Waals surface area contributed by atoms with E-state index >= 15 is 0 Å². The number of benzene rings is 3. The van der Waals surface area contributed by atoms with E-state index in [1.165, 1.54) is 24.3 Å². The van der Waals surface area contributed by atoms with Crippen LogP contribution >= 0.6 is 23.5 Å². The second-order valence-corrected chi connectivity index (χ2v) is 28.0. The summed E-state index contributed by atoms with van der Waals surface area (Å²) >= 11 is 0. The summed E-state index contributed by atoms with van der Waals surface area (Å²) in [4.78, 5) is 96.5. The first-order valence-corrected chi connectivity index (χ1v) is 33.3. The summed E-state index contributed by atoms with van der Waals surface area (Å²) in [5.74, 6) is 4.29. The molecule has 5 atom stereocenters. The normalized spacial score (nSPS) is 20.4. The first-order chi connectivity index (χ1) is 39.5. The molecule has 4 heterocycles. The van der Waals surface area contributed by atoms with Gasteiger partial charge in [-0.05, 0) is 94.1 Å². The molecule has 1 fully saturated rings. The fourth-order valence-electron chi connectivity index (χ4n) is 10.0. The number of ether oxygens (including phenoxy) is 2. The Morgan fingerprint density at radius 1 is 0.859 bits per heavy atom. The first-order valence-electron chi connectivity index (χ1n) is 25.9. The van der Waals surface area contributed by atoms with Crippen LogP contribution in [-0.2, 0) is 90.1 Å². The number of nitrogens with two attached hydrogens (primary N) is 1. The van der Waals surface area contributed by atoms with Crippen molar-refractivity contribution in [3.63, 3.8) is 0 Å². The summed E-state index contributed by atoms with van der Waals surface area (Å²) in [7, 11) is -26.0. The minimum Gasteiger partial charge on any atom is -0.462 e. The Labute approximate surface area is 487 Å². The highest BCUT2D eigenvalue weighted by molar-refractivity contribution is 7.86. The maximum atomic E-state index is 13.1. The number of phosphoric acid groups is 3. The zero-order valence-corrected chi connectivity index (χ0v) is 50.6. The minimum absolute atomic E-state index is 0.0220. The molecule has 3 aromatic carbocycles.